The van der Waals surface area contributed by atoms with Crippen LogP contribution in [0.2, 0.25) is 0 Å². The molecule has 3 N–H and O–H groups in total. The van der Waals surface area contributed by atoms with E-state index >= 15 is 0 Å². The molecule has 4 aromatic rings. The number of rotatable bonds is 7. The van der Waals surface area contributed by atoms with E-state index in [1.54, 1.807) is 55.7 Å². The van der Waals surface area contributed by atoms with Crippen molar-refractivity contribution >= 4 is 28.8 Å². The van der Waals surface area contributed by atoms with Gasteiger partial charge in [0.15, 0.2) is 0 Å². The van der Waals surface area contributed by atoms with E-state index in [9.17, 15) is 14.0 Å². The Morgan fingerprint density at radius 3 is 2.83 bits per heavy atom. The largest absolute Gasteiger partial charge is 0.382 e. The average Bonchev–Trinajstić information content (AvgIpc) is 3.56. The van der Waals surface area contributed by atoms with Gasteiger partial charge in [0.05, 0.1) is 6.04 Å². The third-order valence-corrected chi connectivity index (χ3v) is 7.00. The molecule has 5 rings (SSSR count). The fourth-order valence-electron chi connectivity index (χ4n) is 4.96. The number of benzene rings is 2. The van der Waals surface area contributed by atoms with Gasteiger partial charge in [0.25, 0.3) is 5.91 Å². The van der Waals surface area contributed by atoms with Gasteiger partial charge in [-0.2, -0.15) is 0 Å². The summed E-state index contributed by atoms with van der Waals surface area (Å²) in [7, 11) is 3.90. The number of imidazole rings is 1. The minimum atomic E-state index is -0.390. The Morgan fingerprint density at radius 1 is 1.23 bits per heavy atom. The van der Waals surface area contributed by atoms with E-state index in [1.807, 2.05) is 40.4 Å². The van der Waals surface area contributed by atoms with Crippen molar-refractivity contribution in [1.82, 2.24) is 24.2 Å². The molecule has 1 atom stereocenters. The number of carbonyl (C=O) groups is 2. The molecule has 0 spiro atoms. The highest BCUT2D eigenvalue weighted by Crippen LogP contribution is 2.36. The van der Waals surface area contributed by atoms with Crippen molar-refractivity contribution in [3.05, 3.63) is 89.8 Å². The maximum atomic E-state index is 14.0. The number of nitrogens with zero attached hydrogens (tertiary/aromatic N) is 5. The molecule has 0 aliphatic carbocycles. The van der Waals surface area contributed by atoms with Gasteiger partial charge in [-0.15, -0.1) is 0 Å². The summed E-state index contributed by atoms with van der Waals surface area (Å²) in [6, 6.07) is 11.4. The fraction of sp³-hybridized carbons (Fsp3) is 0.267. The average molecular weight is 542 g/mol. The number of hydrogen-bond acceptors (Lipinski definition) is 6. The van der Waals surface area contributed by atoms with Gasteiger partial charge in [0.2, 0.25) is 5.91 Å². The standard InChI is InChI=1S/C30H32FN7O2/c1-19-11-12-22(18-23(19)31)34-30(40)21-8-4-7-20(17-21)26-27-28(32)33-13-16-38(27)29(35-26)24-9-5-15-37(24)25(39)10-6-14-36(2)3/h4,6-8,10-13,16-18,24H,5,9,14-15H2,1-3H3,(H2,32,33)(H,34,40)/b10-6+/t24-/m0/s1. The van der Waals surface area contributed by atoms with E-state index in [4.69, 9.17) is 10.7 Å². The predicted molar refractivity (Wildman–Crippen MR) is 153 cm³/mol. The molecular weight excluding hydrogens is 509 g/mol. The summed E-state index contributed by atoms with van der Waals surface area (Å²) in [4.78, 5) is 39.2. The lowest BCUT2D eigenvalue weighted by Gasteiger charge is -2.22. The van der Waals surface area contributed by atoms with Crippen molar-refractivity contribution < 1.29 is 14.0 Å². The number of aromatic nitrogens is 3. The molecule has 206 valence electrons. The Kier molecular flexibility index (Phi) is 7.61. The van der Waals surface area contributed by atoms with Gasteiger partial charge in [-0.1, -0.05) is 24.3 Å². The molecule has 10 heteroatoms. The van der Waals surface area contributed by atoms with Crippen LogP contribution in [0.4, 0.5) is 15.9 Å². The summed E-state index contributed by atoms with van der Waals surface area (Å²) in [6.45, 7) is 2.97. The Morgan fingerprint density at radius 2 is 2.05 bits per heavy atom. The van der Waals surface area contributed by atoms with Crippen LogP contribution in [-0.2, 0) is 4.79 Å². The van der Waals surface area contributed by atoms with E-state index in [1.165, 1.54) is 6.07 Å². The first kappa shape index (κ1) is 27.0. The maximum absolute atomic E-state index is 14.0. The molecule has 2 aromatic heterocycles. The first-order chi connectivity index (χ1) is 19.2. The molecular formula is C30H32FN7O2. The van der Waals surface area contributed by atoms with E-state index < -0.39 is 0 Å². The number of nitrogens with one attached hydrogen (secondary N) is 1. The van der Waals surface area contributed by atoms with Crippen LogP contribution in [0.5, 0.6) is 0 Å². The molecule has 1 saturated heterocycles. The lowest BCUT2D eigenvalue weighted by atomic mass is 10.1. The predicted octanol–water partition coefficient (Wildman–Crippen LogP) is 4.46. The molecule has 3 heterocycles. The second-order valence-electron chi connectivity index (χ2n) is 10.2. The van der Waals surface area contributed by atoms with Crippen molar-refractivity contribution in [2.24, 2.45) is 0 Å². The number of likely N-dealkylation sites (tertiary alicyclic amines) is 1. The quantitative estimate of drug-likeness (QED) is 0.335. The molecule has 9 nitrogen and oxygen atoms in total. The molecule has 0 bridgehead atoms. The minimum absolute atomic E-state index is 0.0594. The van der Waals surface area contributed by atoms with Crippen molar-refractivity contribution in [3.8, 4) is 11.3 Å². The molecule has 40 heavy (non-hydrogen) atoms. The third-order valence-electron chi connectivity index (χ3n) is 7.00. The Bertz CT molecular complexity index is 1610. The smallest absolute Gasteiger partial charge is 0.255 e. The summed E-state index contributed by atoms with van der Waals surface area (Å²) in [5, 5.41) is 2.75. The van der Waals surface area contributed by atoms with E-state index in [2.05, 4.69) is 10.3 Å². The summed E-state index contributed by atoms with van der Waals surface area (Å²) < 4.78 is 15.9. The van der Waals surface area contributed by atoms with Gasteiger partial charge in [0.1, 0.15) is 28.7 Å². The number of halogens is 1. The van der Waals surface area contributed by atoms with Gasteiger partial charge in [-0.3, -0.25) is 14.0 Å². The summed E-state index contributed by atoms with van der Waals surface area (Å²) in [5.41, 5.74) is 9.44. The van der Waals surface area contributed by atoms with Crippen molar-refractivity contribution in [3.63, 3.8) is 0 Å². The summed E-state index contributed by atoms with van der Waals surface area (Å²) in [5.74, 6) is 0.158. The molecule has 0 unspecified atom stereocenters. The van der Waals surface area contributed by atoms with Crippen LogP contribution in [0, 0.1) is 12.7 Å². The van der Waals surface area contributed by atoms with Gasteiger partial charge in [-0.05, 0) is 63.7 Å². The van der Waals surface area contributed by atoms with Crippen LogP contribution in [0.15, 0.2) is 67.0 Å². The number of amides is 2. The molecule has 1 aliphatic heterocycles. The Labute approximate surface area is 232 Å². The van der Waals surface area contributed by atoms with Crippen molar-refractivity contribution in [1.29, 1.82) is 0 Å². The first-order valence-corrected chi connectivity index (χ1v) is 13.1. The van der Waals surface area contributed by atoms with Crippen LogP contribution in [0.25, 0.3) is 16.8 Å². The minimum Gasteiger partial charge on any atom is -0.382 e. The second kappa shape index (κ2) is 11.3. The zero-order valence-electron chi connectivity index (χ0n) is 22.8. The lowest BCUT2D eigenvalue weighted by molar-refractivity contribution is -0.127. The number of nitrogens with two attached hydrogens (primary N) is 1. The topological polar surface area (TPSA) is 109 Å². The number of aryl methyl sites for hydroxylation is 1. The third kappa shape index (κ3) is 5.43. The highest BCUT2D eigenvalue weighted by atomic mass is 19.1. The summed E-state index contributed by atoms with van der Waals surface area (Å²) in [6.07, 6.45) is 8.51. The van der Waals surface area contributed by atoms with Crippen LogP contribution >= 0.6 is 0 Å². The van der Waals surface area contributed by atoms with Crippen molar-refractivity contribution in [2.75, 3.05) is 38.2 Å². The Hall–Kier alpha value is -4.57. The van der Waals surface area contributed by atoms with E-state index in [-0.39, 0.29) is 23.7 Å². The zero-order valence-corrected chi connectivity index (χ0v) is 22.8. The highest BCUT2D eigenvalue weighted by molar-refractivity contribution is 6.05. The molecule has 2 amide bonds. The Balaban J connectivity index is 1.49. The fourth-order valence-corrected chi connectivity index (χ4v) is 4.96. The normalized spacial score (nSPS) is 15.4. The highest BCUT2D eigenvalue weighted by Gasteiger charge is 2.33. The lowest BCUT2D eigenvalue weighted by Crippen LogP contribution is -2.30. The van der Waals surface area contributed by atoms with Gasteiger partial charge >= 0.3 is 0 Å². The van der Waals surface area contributed by atoms with Crippen LogP contribution in [-0.4, -0.2) is 63.2 Å². The van der Waals surface area contributed by atoms with Crippen LogP contribution in [0.1, 0.15) is 40.6 Å². The molecule has 0 saturated carbocycles. The van der Waals surface area contributed by atoms with Crippen molar-refractivity contribution in [2.45, 2.75) is 25.8 Å². The number of hydrogen-bond donors (Lipinski definition) is 2. The zero-order chi connectivity index (χ0) is 28.4. The van der Waals surface area contributed by atoms with E-state index in [0.29, 0.717) is 58.3 Å². The SMILES string of the molecule is Cc1ccc(NC(=O)c2cccc(-c3nc([C@@H]4CCCN4C(=O)/C=C/CN(C)C)n4ccnc(N)c34)c2)cc1F. The number of fused-ring (bicyclic) bond motifs is 1. The monoisotopic (exact) mass is 541 g/mol. The number of carbonyl (C=O) groups excluding carboxylic acids is 2. The van der Waals surface area contributed by atoms with E-state index in [0.717, 1.165) is 12.8 Å². The molecule has 1 fully saturated rings. The molecule has 0 radical (unpaired) electrons. The number of anilines is 2. The van der Waals surface area contributed by atoms with Gasteiger partial charge in [-0.25, -0.2) is 14.4 Å². The first-order valence-electron chi connectivity index (χ1n) is 13.1. The molecule has 1 aliphatic rings. The molecule has 2 aromatic carbocycles. The maximum Gasteiger partial charge on any atom is 0.255 e. The number of nitrogen functional groups attached to an aromatic ring is 1. The van der Waals surface area contributed by atoms with Crippen LogP contribution in [0.3, 0.4) is 0 Å². The second-order valence-corrected chi connectivity index (χ2v) is 10.2. The number of likely N-dealkylation sites (N-methyl/N-ethyl adjacent to an activating group) is 1. The van der Waals surface area contributed by atoms with Gasteiger partial charge < -0.3 is 20.9 Å². The summed E-state index contributed by atoms with van der Waals surface area (Å²) >= 11 is 0. The van der Waals surface area contributed by atoms with Crippen LogP contribution < -0.4 is 11.1 Å². The van der Waals surface area contributed by atoms with Gasteiger partial charge in [0, 0.05) is 48.4 Å².